The number of carboxylic acid groups (broad SMARTS) is 1. The molecule has 0 aliphatic carbocycles. The summed E-state index contributed by atoms with van der Waals surface area (Å²) < 4.78 is 0. The quantitative estimate of drug-likeness (QED) is 0.846. The first kappa shape index (κ1) is 14.9. The third-order valence-electron chi connectivity index (χ3n) is 3.45. The van der Waals surface area contributed by atoms with Gasteiger partial charge in [-0.3, -0.25) is 0 Å². The summed E-state index contributed by atoms with van der Waals surface area (Å²) in [4.78, 5) is 13.4. The number of benzene rings is 2. The summed E-state index contributed by atoms with van der Waals surface area (Å²) in [5.74, 6) is -0.989. The van der Waals surface area contributed by atoms with Crippen LogP contribution < -0.4 is 10.6 Å². The molecule has 0 unspecified atom stereocenters. The van der Waals surface area contributed by atoms with E-state index in [0.29, 0.717) is 17.8 Å². The summed E-state index contributed by atoms with van der Waals surface area (Å²) >= 11 is 0. The van der Waals surface area contributed by atoms with Crippen molar-refractivity contribution in [2.24, 2.45) is 0 Å². The smallest absolute Gasteiger partial charge is 0.338 e. The fraction of sp³-hybridized carbons (Fsp3) is 0.235. The second-order valence-electron chi connectivity index (χ2n) is 5.39. The summed E-state index contributed by atoms with van der Waals surface area (Å²) in [6.45, 7) is 4.59. The Morgan fingerprint density at radius 2 is 1.81 bits per heavy atom. The molecule has 2 aromatic carbocycles. The molecule has 2 rings (SSSR count). The van der Waals surface area contributed by atoms with Crippen LogP contribution in [0.2, 0.25) is 0 Å². The second-order valence-corrected chi connectivity index (χ2v) is 5.39. The van der Waals surface area contributed by atoms with Crippen molar-refractivity contribution in [2.75, 3.05) is 17.7 Å². The van der Waals surface area contributed by atoms with Gasteiger partial charge in [0, 0.05) is 25.0 Å². The maximum absolute atomic E-state index is 11.4. The molecular weight excluding hydrogens is 264 g/mol. The molecule has 0 radical (unpaired) electrons. The number of hydrogen-bond donors (Lipinski definition) is 2. The molecule has 0 spiro atoms. The van der Waals surface area contributed by atoms with Gasteiger partial charge in [0.05, 0.1) is 5.56 Å². The summed E-state index contributed by atoms with van der Waals surface area (Å²) in [5, 5.41) is 9.32. The number of aryl methyl sites for hydroxylation is 2. The number of carboxylic acids is 1. The zero-order chi connectivity index (χ0) is 15.6. The molecule has 0 amide bonds. The van der Waals surface area contributed by atoms with Crippen LogP contribution >= 0.6 is 0 Å². The van der Waals surface area contributed by atoms with E-state index in [1.54, 1.807) is 18.2 Å². The Morgan fingerprint density at radius 3 is 2.38 bits per heavy atom. The van der Waals surface area contributed by atoms with E-state index in [1.165, 1.54) is 11.1 Å². The second kappa shape index (κ2) is 5.87. The van der Waals surface area contributed by atoms with Crippen LogP contribution in [0.1, 0.15) is 27.0 Å². The van der Waals surface area contributed by atoms with Crippen molar-refractivity contribution in [3.8, 4) is 0 Å². The van der Waals surface area contributed by atoms with E-state index in [-0.39, 0.29) is 5.56 Å². The highest BCUT2D eigenvalue weighted by atomic mass is 16.4. The van der Waals surface area contributed by atoms with E-state index >= 15 is 0 Å². The molecule has 0 atom stereocenters. The van der Waals surface area contributed by atoms with Gasteiger partial charge in [0.15, 0.2) is 0 Å². The van der Waals surface area contributed by atoms with E-state index in [9.17, 15) is 9.90 Å². The standard InChI is InChI=1S/C17H20N2O2/c1-11-7-12(2)9-14(8-11)19(3)10-13-5-4-6-15(18)16(13)17(20)21/h4-9H,10,18H2,1-3H3,(H,20,21). The van der Waals surface area contributed by atoms with E-state index in [2.05, 4.69) is 18.2 Å². The van der Waals surface area contributed by atoms with Crippen molar-refractivity contribution in [3.63, 3.8) is 0 Å². The zero-order valence-corrected chi connectivity index (χ0v) is 12.6. The highest BCUT2D eigenvalue weighted by molar-refractivity contribution is 5.95. The van der Waals surface area contributed by atoms with E-state index in [0.717, 1.165) is 5.69 Å². The molecule has 0 heterocycles. The van der Waals surface area contributed by atoms with Gasteiger partial charge in [-0.15, -0.1) is 0 Å². The topological polar surface area (TPSA) is 66.6 Å². The minimum atomic E-state index is -0.989. The van der Waals surface area contributed by atoms with Gasteiger partial charge >= 0.3 is 5.97 Å². The first-order valence-corrected chi connectivity index (χ1v) is 6.78. The molecule has 2 aromatic rings. The van der Waals surface area contributed by atoms with Crippen LogP contribution in [-0.4, -0.2) is 18.1 Å². The highest BCUT2D eigenvalue weighted by Crippen LogP contribution is 2.23. The first-order valence-electron chi connectivity index (χ1n) is 6.78. The maximum atomic E-state index is 11.4. The summed E-state index contributed by atoms with van der Waals surface area (Å²) in [7, 11) is 1.95. The van der Waals surface area contributed by atoms with Gasteiger partial charge in [-0.2, -0.15) is 0 Å². The Hall–Kier alpha value is -2.49. The van der Waals surface area contributed by atoms with Gasteiger partial charge in [0.25, 0.3) is 0 Å². The van der Waals surface area contributed by atoms with Gasteiger partial charge in [-0.1, -0.05) is 18.2 Å². The van der Waals surface area contributed by atoms with E-state index in [4.69, 9.17) is 5.73 Å². The van der Waals surface area contributed by atoms with Crippen LogP contribution in [0.3, 0.4) is 0 Å². The van der Waals surface area contributed by atoms with Crippen molar-refractivity contribution in [2.45, 2.75) is 20.4 Å². The third kappa shape index (κ3) is 3.34. The van der Waals surface area contributed by atoms with E-state index in [1.807, 2.05) is 25.8 Å². The molecule has 0 fully saturated rings. The van der Waals surface area contributed by atoms with Crippen LogP contribution in [0.15, 0.2) is 36.4 Å². The lowest BCUT2D eigenvalue weighted by Crippen LogP contribution is -2.19. The highest BCUT2D eigenvalue weighted by Gasteiger charge is 2.15. The molecule has 0 aliphatic heterocycles. The number of nitrogens with zero attached hydrogens (tertiary/aromatic N) is 1. The SMILES string of the molecule is Cc1cc(C)cc(N(C)Cc2cccc(N)c2C(=O)O)c1. The van der Waals surface area contributed by atoms with Crippen LogP contribution in [0.5, 0.6) is 0 Å². The van der Waals surface area contributed by atoms with Crippen molar-refractivity contribution in [1.82, 2.24) is 0 Å². The van der Waals surface area contributed by atoms with E-state index < -0.39 is 5.97 Å². The molecule has 0 bridgehead atoms. The zero-order valence-electron chi connectivity index (χ0n) is 12.6. The molecule has 0 aromatic heterocycles. The number of nitrogen functional groups attached to an aromatic ring is 1. The summed E-state index contributed by atoms with van der Waals surface area (Å²) in [6.07, 6.45) is 0. The van der Waals surface area contributed by atoms with Gasteiger partial charge in [0.2, 0.25) is 0 Å². The predicted molar refractivity (Wildman–Crippen MR) is 85.8 cm³/mol. The number of aromatic carboxylic acids is 1. The molecule has 4 nitrogen and oxygen atoms in total. The van der Waals surface area contributed by atoms with Crippen molar-refractivity contribution in [1.29, 1.82) is 0 Å². The molecular formula is C17H20N2O2. The molecule has 3 N–H and O–H groups in total. The minimum Gasteiger partial charge on any atom is -0.478 e. The lowest BCUT2D eigenvalue weighted by atomic mass is 10.0. The Labute approximate surface area is 124 Å². The molecule has 0 saturated carbocycles. The molecule has 4 heteroatoms. The number of nitrogens with two attached hydrogens (primary N) is 1. The normalized spacial score (nSPS) is 10.4. The molecule has 0 aliphatic rings. The number of rotatable bonds is 4. The predicted octanol–water partition coefficient (Wildman–Crippen LogP) is 3.22. The van der Waals surface area contributed by atoms with Crippen molar-refractivity contribution in [3.05, 3.63) is 58.7 Å². The number of anilines is 2. The Morgan fingerprint density at radius 1 is 1.19 bits per heavy atom. The van der Waals surface area contributed by atoms with Crippen LogP contribution in [0, 0.1) is 13.8 Å². The number of hydrogen-bond acceptors (Lipinski definition) is 3. The van der Waals surface area contributed by atoms with Gasteiger partial charge in [0.1, 0.15) is 0 Å². The van der Waals surface area contributed by atoms with Crippen molar-refractivity contribution < 1.29 is 9.90 Å². The summed E-state index contributed by atoms with van der Waals surface area (Å²) in [5.41, 5.74) is 10.4. The molecule has 110 valence electrons. The lowest BCUT2D eigenvalue weighted by molar-refractivity contribution is 0.0697. The fourth-order valence-electron chi connectivity index (χ4n) is 2.53. The van der Waals surface area contributed by atoms with Gasteiger partial charge in [-0.25, -0.2) is 4.79 Å². The Balaban J connectivity index is 2.33. The Bertz CT molecular complexity index is 660. The first-order chi connectivity index (χ1) is 9.88. The van der Waals surface area contributed by atoms with Crippen LogP contribution in [-0.2, 0) is 6.54 Å². The average molecular weight is 284 g/mol. The molecule has 0 saturated heterocycles. The maximum Gasteiger partial charge on any atom is 0.338 e. The minimum absolute atomic E-state index is 0.189. The van der Waals surface area contributed by atoms with Crippen LogP contribution in [0.25, 0.3) is 0 Å². The fourth-order valence-corrected chi connectivity index (χ4v) is 2.53. The molecule has 21 heavy (non-hydrogen) atoms. The van der Waals surface area contributed by atoms with Gasteiger partial charge < -0.3 is 15.7 Å². The summed E-state index contributed by atoms with van der Waals surface area (Å²) in [6, 6.07) is 11.5. The van der Waals surface area contributed by atoms with Gasteiger partial charge in [-0.05, 0) is 48.7 Å². The Kier molecular flexibility index (Phi) is 4.17. The third-order valence-corrected chi connectivity index (χ3v) is 3.45. The monoisotopic (exact) mass is 284 g/mol. The average Bonchev–Trinajstić information content (AvgIpc) is 2.37. The van der Waals surface area contributed by atoms with Crippen molar-refractivity contribution >= 4 is 17.3 Å². The largest absolute Gasteiger partial charge is 0.478 e. The lowest BCUT2D eigenvalue weighted by Gasteiger charge is -2.22. The number of carbonyl (C=O) groups is 1. The van der Waals surface area contributed by atoms with Crippen LogP contribution in [0.4, 0.5) is 11.4 Å².